The number of carbonyl (C=O) groups is 2. The SMILES string of the molecule is COc1cc2c(cc1OC)[C@@H](NC(=O)C(F)(F)F)/C(=C\c1ccc(Cl)cc1)C2=O. The number of hydrogen-bond donors (Lipinski definition) is 1. The number of hydrogen-bond acceptors (Lipinski definition) is 4. The van der Waals surface area contributed by atoms with Gasteiger partial charge >= 0.3 is 12.1 Å². The Labute approximate surface area is 169 Å². The molecule has 29 heavy (non-hydrogen) atoms. The highest BCUT2D eigenvalue weighted by Crippen LogP contribution is 2.43. The molecule has 0 unspecified atom stereocenters. The Morgan fingerprint density at radius 1 is 1.10 bits per heavy atom. The first-order valence-corrected chi connectivity index (χ1v) is 8.69. The minimum absolute atomic E-state index is 0.0183. The molecule has 2 aromatic carbocycles. The number of benzene rings is 2. The summed E-state index contributed by atoms with van der Waals surface area (Å²) < 4.78 is 48.9. The van der Waals surface area contributed by atoms with Crippen molar-refractivity contribution in [2.75, 3.05) is 14.2 Å². The average Bonchev–Trinajstić information content (AvgIpc) is 2.92. The third-order valence-corrected chi connectivity index (χ3v) is 4.66. The van der Waals surface area contributed by atoms with Gasteiger partial charge in [0.25, 0.3) is 0 Å². The number of rotatable bonds is 4. The topological polar surface area (TPSA) is 64.6 Å². The third kappa shape index (κ3) is 4.07. The second-order valence-electron chi connectivity index (χ2n) is 6.18. The minimum atomic E-state index is -5.10. The molecule has 0 spiro atoms. The Kier molecular flexibility index (Phi) is 5.57. The van der Waals surface area contributed by atoms with Crippen molar-refractivity contribution in [1.29, 1.82) is 0 Å². The quantitative estimate of drug-likeness (QED) is 0.739. The lowest BCUT2D eigenvalue weighted by molar-refractivity contribution is -0.174. The normalized spacial score (nSPS) is 17.2. The Balaban J connectivity index is 2.14. The Bertz CT molecular complexity index is 1000. The predicted octanol–water partition coefficient (Wildman–Crippen LogP) is 4.36. The highest BCUT2D eigenvalue weighted by molar-refractivity contribution is 6.30. The van der Waals surface area contributed by atoms with Crippen molar-refractivity contribution in [3.63, 3.8) is 0 Å². The van der Waals surface area contributed by atoms with Gasteiger partial charge in [-0.3, -0.25) is 9.59 Å². The van der Waals surface area contributed by atoms with Crippen LogP contribution in [-0.2, 0) is 4.79 Å². The molecule has 1 aliphatic rings. The van der Waals surface area contributed by atoms with E-state index in [-0.39, 0.29) is 28.2 Å². The molecule has 0 saturated heterocycles. The van der Waals surface area contributed by atoms with Crippen molar-refractivity contribution in [3.8, 4) is 11.5 Å². The summed E-state index contributed by atoms with van der Waals surface area (Å²) in [7, 11) is 2.73. The average molecular weight is 426 g/mol. The first-order chi connectivity index (χ1) is 13.7. The van der Waals surface area contributed by atoms with Crippen LogP contribution >= 0.6 is 11.6 Å². The molecule has 3 rings (SSSR count). The van der Waals surface area contributed by atoms with Crippen molar-refractivity contribution in [3.05, 3.63) is 63.7 Å². The van der Waals surface area contributed by atoms with Crippen LogP contribution in [0.25, 0.3) is 6.08 Å². The van der Waals surface area contributed by atoms with Gasteiger partial charge in [-0.15, -0.1) is 0 Å². The number of ketones is 1. The number of ether oxygens (including phenoxy) is 2. The Hall–Kier alpha value is -3.00. The van der Waals surface area contributed by atoms with Crippen LogP contribution in [0.5, 0.6) is 11.5 Å². The molecule has 0 aromatic heterocycles. The Morgan fingerprint density at radius 2 is 1.69 bits per heavy atom. The molecule has 0 radical (unpaired) electrons. The molecule has 0 heterocycles. The Morgan fingerprint density at radius 3 is 2.24 bits per heavy atom. The van der Waals surface area contributed by atoms with E-state index in [0.29, 0.717) is 10.6 Å². The number of fused-ring (bicyclic) bond motifs is 1. The van der Waals surface area contributed by atoms with Crippen molar-refractivity contribution in [2.45, 2.75) is 12.2 Å². The number of Topliss-reactive ketones (excluding diaryl/α,β-unsaturated/α-hetero) is 1. The zero-order chi connectivity index (χ0) is 21.3. The van der Waals surface area contributed by atoms with Crippen molar-refractivity contribution in [2.24, 2.45) is 0 Å². The zero-order valence-electron chi connectivity index (χ0n) is 15.3. The maximum absolute atomic E-state index is 13.0. The van der Waals surface area contributed by atoms with Gasteiger partial charge in [-0.05, 0) is 41.5 Å². The summed E-state index contributed by atoms with van der Waals surface area (Å²) in [5, 5.41) is 2.36. The summed E-state index contributed by atoms with van der Waals surface area (Å²) >= 11 is 5.85. The second kappa shape index (κ2) is 7.79. The molecule has 1 amide bonds. The zero-order valence-corrected chi connectivity index (χ0v) is 16.0. The molecule has 152 valence electrons. The highest BCUT2D eigenvalue weighted by Gasteiger charge is 2.44. The number of nitrogens with one attached hydrogen (secondary N) is 1. The molecule has 1 aliphatic carbocycles. The molecule has 0 saturated carbocycles. The fraction of sp³-hybridized carbons (Fsp3) is 0.200. The van der Waals surface area contributed by atoms with Crippen molar-refractivity contribution in [1.82, 2.24) is 5.32 Å². The summed E-state index contributed by atoms with van der Waals surface area (Å²) in [6.07, 6.45) is -3.69. The van der Waals surface area contributed by atoms with Crippen LogP contribution in [0.1, 0.15) is 27.5 Å². The summed E-state index contributed by atoms with van der Waals surface area (Å²) in [4.78, 5) is 24.6. The standard InChI is InChI=1S/C20H15ClF3NO4/c1-28-15-8-12-13(9-16(15)29-2)18(26)14(7-10-3-5-11(21)6-4-10)17(12)25-19(27)20(22,23)24/h3-9,17H,1-2H3,(H,25,27)/b14-7+/t17-/m1/s1. The lowest BCUT2D eigenvalue weighted by atomic mass is 10.0. The van der Waals surface area contributed by atoms with Gasteiger partial charge in [0, 0.05) is 16.2 Å². The van der Waals surface area contributed by atoms with Gasteiger partial charge in [0.15, 0.2) is 17.3 Å². The fourth-order valence-corrected chi connectivity index (χ4v) is 3.17. The van der Waals surface area contributed by atoms with Gasteiger partial charge in [0.1, 0.15) is 0 Å². The number of amides is 1. The van der Waals surface area contributed by atoms with Crippen LogP contribution in [0.4, 0.5) is 13.2 Å². The van der Waals surface area contributed by atoms with Crippen LogP contribution in [-0.4, -0.2) is 32.1 Å². The number of methoxy groups -OCH3 is 2. The van der Waals surface area contributed by atoms with Gasteiger partial charge in [0.05, 0.1) is 20.3 Å². The molecular formula is C20H15ClF3NO4. The van der Waals surface area contributed by atoms with Gasteiger partial charge in [-0.25, -0.2) is 0 Å². The van der Waals surface area contributed by atoms with E-state index in [1.54, 1.807) is 24.3 Å². The lowest BCUT2D eigenvalue weighted by Crippen LogP contribution is -2.39. The van der Waals surface area contributed by atoms with Gasteiger partial charge in [-0.1, -0.05) is 23.7 Å². The predicted molar refractivity (Wildman–Crippen MR) is 100 cm³/mol. The van der Waals surface area contributed by atoms with Gasteiger partial charge in [0.2, 0.25) is 0 Å². The lowest BCUT2D eigenvalue weighted by Gasteiger charge is -2.18. The molecule has 0 bridgehead atoms. The van der Waals surface area contributed by atoms with E-state index in [2.05, 4.69) is 0 Å². The molecule has 0 aliphatic heterocycles. The number of carbonyl (C=O) groups excluding carboxylic acids is 2. The van der Waals surface area contributed by atoms with Crippen molar-refractivity contribution < 1.29 is 32.2 Å². The number of halogens is 4. The maximum atomic E-state index is 13.0. The van der Waals surface area contributed by atoms with Crippen LogP contribution in [0, 0.1) is 0 Å². The molecule has 1 N–H and O–H groups in total. The largest absolute Gasteiger partial charge is 0.493 e. The van der Waals surface area contributed by atoms with Gasteiger partial charge in [-0.2, -0.15) is 13.2 Å². The molecule has 5 nitrogen and oxygen atoms in total. The van der Waals surface area contributed by atoms with E-state index in [4.69, 9.17) is 21.1 Å². The van der Waals surface area contributed by atoms with E-state index in [1.165, 1.54) is 32.4 Å². The van der Waals surface area contributed by atoms with Gasteiger partial charge < -0.3 is 14.8 Å². The monoisotopic (exact) mass is 425 g/mol. The fourth-order valence-electron chi connectivity index (χ4n) is 3.04. The van der Waals surface area contributed by atoms with Crippen LogP contribution in [0.15, 0.2) is 42.0 Å². The summed E-state index contributed by atoms with van der Waals surface area (Å²) in [6, 6.07) is 7.83. The minimum Gasteiger partial charge on any atom is -0.493 e. The van der Waals surface area contributed by atoms with E-state index in [0.717, 1.165) is 0 Å². The smallest absolute Gasteiger partial charge is 0.471 e. The summed E-state index contributed by atoms with van der Waals surface area (Å²) in [5.41, 5.74) is 0.826. The maximum Gasteiger partial charge on any atom is 0.471 e. The first kappa shape index (κ1) is 20.7. The molecule has 0 fully saturated rings. The van der Waals surface area contributed by atoms with Crippen LogP contribution in [0.3, 0.4) is 0 Å². The molecular weight excluding hydrogens is 411 g/mol. The summed E-state index contributed by atoms with van der Waals surface area (Å²) in [6.45, 7) is 0. The third-order valence-electron chi connectivity index (χ3n) is 4.41. The van der Waals surface area contributed by atoms with E-state index in [9.17, 15) is 22.8 Å². The molecule has 1 atom stereocenters. The molecule has 9 heteroatoms. The van der Waals surface area contributed by atoms with Crippen LogP contribution in [0.2, 0.25) is 5.02 Å². The van der Waals surface area contributed by atoms with Crippen LogP contribution < -0.4 is 14.8 Å². The van der Waals surface area contributed by atoms with E-state index >= 15 is 0 Å². The first-order valence-electron chi connectivity index (χ1n) is 8.31. The highest BCUT2D eigenvalue weighted by atomic mass is 35.5. The van der Waals surface area contributed by atoms with E-state index < -0.39 is 23.9 Å². The van der Waals surface area contributed by atoms with E-state index in [1.807, 2.05) is 5.32 Å². The summed E-state index contributed by atoms with van der Waals surface area (Å²) in [5.74, 6) is -2.21. The molecule has 2 aromatic rings. The number of alkyl halides is 3. The second-order valence-corrected chi connectivity index (χ2v) is 6.62. The van der Waals surface area contributed by atoms with Crippen molar-refractivity contribution >= 4 is 29.4 Å².